The standard InChI is InChI=1S/C21H23BrN2O3/c1-24(18-8-4-6-14-5-2-3-7-15(14)18)13-21(25)23-17-12-20-19(11-16(17)22)26-9-10-27-20/h2-3,5,7,11-12,18H,4,6,8-10,13H2,1H3,(H,23,25)/t18-/m1/s1. The van der Waals surface area contributed by atoms with Crippen molar-refractivity contribution >= 4 is 27.5 Å². The van der Waals surface area contributed by atoms with Crippen molar-refractivity contribution in [3.63, 3.8) is 0 Å². The fourth-order valence-corrected chi connectivity index (χ4v) is 4.29. The van der Waals surface area contributed by atoms with Crippen LogP contribution in [0.2, 0.25) is 0 Å². The van der Waals surface area contributed by atoms with E-state index in [4.69, 9.17) is 9.47 Å². The minimum atomic E-state index is -0.0436. The zero-order valence-electron chi connectivity index (χ0n) is 15.3. The second-order valence-corrected chi connectivity index (χ2v) is 7.90. The van der Waals surface area contributed by atoms with Gasteiger partial charge in [-0.05, 0) is 53.4 Å². The van der Waals surface area contributed by atoms with Gasteiger partial charge in [-0.1, -0.05) is 24.3 Å². The first-order chi connectivity index (χ1) is 13.1. The number of likely N-dealkylation sites (N-methyl/N-ethyl adjacent to an activating group) is 1. The average Bonchev–Trinajstić information content (AvgIpc) is 2.68. The molecule has 0 radical (unpaired) electrons. The van der Waals surface area contributed by atoms with Crippen LogP contribution in [0.4, 0.5) is 5.69 Å². The normalized spacial score (nSPS) is 18.1. The van der Waals surface area contributed by atoms with Crippen LogP contribution in [0.3, 0.4) is 0 Å². The molecular weight excluding hydrogens is 408 g/mol. The van der Waals surface area contributed by atoms with Crippen LogP contribution in [0.15, 0.2) is 40.9 Å². The molecule has 1 heterocycles. The molecule has 0 spiro atoms. The SMILES string of the molecule is CN(CC(=O)Nc1cc2c(cc1Br)OCCO2)[C@@H]1CCCc2ccccc21. The molecule has 0 fully saturated rings. The van der Waals surface area contributed by atoms with Gasteiger partial charge in [0.2, 0.25) is 5.91 Å². The molecule has 1 aliphatic carbocycles. The minimum Gasteiger partial charge on any atom is -0.486 e. The fourth-order valence-electron chi connectivity index (χ4n) is 3.87. The van der Waals surface area contributed by atoms with Crippen LogP contribution in [0.5, 0.6) is 11.5 Å². The summed E-state index contributed by atoms with van der Waals surface area (Å²) in [5.74, 6) is 1.31. The Hall–Kier alpha value is -2.05. The zero-order chi connectivity index (χ0) is 18.8. The van der Waals surface area contributed by atoms with Gasteiger partial charge in [0.1, 0.15) is 13.2 Å². The summed E-state index contributed by atoms with van der Waals surface area (Å²) in [4.78, 5) is 14.8. The highest BCUT2D eigenvalue weighted by molar-refractivity contribution is 9.10. The summed E-state index contributed by atoms with van der Waals surface area (Å²) >= 11 is 3.50. The smallest absolute Gasteiger partial charge is 0.238 e. The predicted molar refractivity (Wildman–Crippen MR) is 109 cm³/mol. The van der Waals surface area contributed by atoms with Crippen molar-refractivity contribution in [3.8, 4) is 11.5 Å². The Labute approximate surface area is 167 Å². The number of hydrogen-bond acceptors (Lipinski definition) is 4. The molecule has 1 N–H and O–H groups in total. The Morgan fingerprint density at radius 3 is 2.78 bits per heavy atom. The number of halogens is 1. The van der Waals surface area contributed by atoms with Crippen molar-refractivity contribution in [2.75, 3.05) is 32.1 Å². The maximum Gasteiger partial charge on any atom is 0.238 e. The van der Waals surface area contributed by atoms with Crippen molar-refractivity contribution in [1.82, 2.24) is 4.90 Å². The molecule has 6 heteroatoms. The molecule has 1 atom stereocenters. The number of benzene rings is 2. The van der Waals surface area contributed by atoms with Gasteiger partial charge in [-0.25, -0.2) is 0 Å². The number of aryl methyl sites for hydroxylation is 1. The molecule has 142 valence electrons. The van der Waals surface area contributed by atoms with Gasteiger partial charge in [-0.3, -0.25) is 9.69 Å². The molecule has 0 aromatic heterocycles. The van der Waals surface area contributed by atoms with Gasteiger partial charge < -0.3 is 14.8 Å². The largest absolute Gasteiger partial charge is 0.486 e. The lowest BCUT2D eigenvalue weighted by Crippen LogP contribution is -2.35. The average molecular weight is 431 g/mol. The van der Waals surface area contributed by atoms with Crippen molar-refractivity contribution in [1.29, 1.82) is 0 Å². The summed E-state index contributed by atoms with van der Waals surface area (Å²) in [5, 5.41) is 2.99. The first kappa shape index (κ1) is 18.3. The molecule has 0 saturated heterocycles. The third kappa shape index (κ3) is 3.96. The van der Waals surface area contributed by atoms with E-state index in [1.165, 1.54) is 11.1 Å². The molecule has 1 aliphatic heterocycles. The number of rotatable bonds is 4. The zero-order valence-corrected chi connectivity index (χ0v) is 16.9. The molecule has 27 heavy (non-hydrogen) atoms. The number of carbonyl (C=O) groups excluding carboxylic acids is 1. The summed E-state index contributed by atoms with van der Waals surface area (Å²) in [6, 6.07) is 12.5. The molecule has 2 aromatic rings. The van der Waals surface area contributed by atoms with Crippen molar-refractivity contribution in [2.45, 2.75) is 25.3 Å². The number of anilines is 1. The van der Waals surface area contributed by atoms with E-state index in [9.17, 15) is 4.79 Å². The Balaban J connectivity index is 1.44. The third-order valence-electron chi connectivity index (χ3n) is 5.17. The number of fused-ring (bicyclic) bond motifs is 2. The van der Waals surface area contributed by atoms with Crippen molar-refractivity contribution in [2.24, 2.45) is 0 Å². The fraction of sp³-hybridized carbons (Fsp3) is 0.381. The first-order valence-electron chi connectivity index (χ1n) is 9.29. The van der Waals surface area contributed by atoms with E-state index in [1.54, 1.807) is 0 Å². The maximum atomic E-state index is 12.7. The summed E-state index contributed by atoms with van der Waals surface area (Å²) in [7, 11) is 2.02. The highest BCUT2D eigenvalue weighted by atomic mass is 79.9. The van der Waals surface area contributed by atoms with Gasteiger partial charge in [0.25, 0.3) is 0 Å². The molecule has 2 aliphatic rings. The molecule has 4 rings (SSSR count). The number of ether oxygens (including phenoxy) is 2. The quantitative estimate of drug-likeness (QED) is 0.790. The van der Waals surface area contributed by atoms with E-state index in [0.29, 0.717) is 36.9 Å². The maximum absolute atomic E-state index is 12.7. The third-order valence-corrected chi connectivity index (χ3v) is 5.82. The number of hydrogen-bond donors (Lipinski definition) is 1. The Kier molecular flexibility index (Phi) is 5.36. The molecule has 0 saturated carbocycles. The van der Waals surface area contributed by atoms with E-state index in [1.807, 2.05) is 19.2 Å². The van der Waals surface area contributed by atoms with E-state index >= 15 is 0 Å². The molecule has 2 aromatic carbocycles. The van der Waals surface area contributed by atoms with Gasteiger partial charge in [-0.2, -0.15) is 0 Å². The lowest BCUT2D eigenvalue weighted by Gasteiger charge is -2.33. The van der Waals surface area contributed by atoms with E-state index in [0.717, 1.165) is 23.7 Å². The second kappa shape index (κ2) is 7.90. The van der Waals surface area contributed by atoms with Crippen LogP contribution in [0.1, 0.15) is 30.0 Å². The summed E-state index contributed by atoms with van der Waals surface area (Å²) in [6.07, 6.45) is 3.35. The number of carbonyl (C=O) groups is 1. The van der Waals surface area contributed by atoms with Crippen LogP contribution in [-0.4, -0.2) is 37.6 Å². The van der Waals surface area contributed by atoms with Gasteiger partial charge in [-0.15, -0.1) is 0 Å². The predicted octanol–water partition coefficient (Wildman–Crippen LogP) is 4.17. The van der Waals surface area contributed by atoms with E-state index in [2.05, 4.69) is 50.4 Å². The molecule has 1 amide bonds. The minimum absolute atomic E-state index is 0.0436. The monoisotopic (exact) mass is 430 g/mol. The van der Waals surface area contributed by atoms with Gasteiger partial charge in [0, 0.05) is 22.6 Å². The molecular formula is C21H23BrN2O3. The van der Waals surface area contributed by atoms with Crippen LogP contribution >= 0.6 is 15.9 Å². The lowest BCUT2D eigenvalue weighted by atomic mass is 9.87. The van der Waals surface area contributed by atoms with E-state index in [-0.39, 0.29) is 11.9 Å². The van der Waals surface area contributed by atoms with Crippen LogP contribution in [0, 0.1) is 0 Å². The van der Waals surface area contributed by atoms with Gasteiger partial charge in [0.05, 0.1) is 12.2 Å². The first-order valence-corrected chi connectivity index (χ1v) is 10.1. The number of nitrogens with zero attached hydrogens (tertiary/aromatic N) is 1. The summed E-state index contributed by atoms with van der Waals surface area (Å²) < 4.78 is 12.0. The van der Waals surface area contributed by atoms with Gasteiger partial charge in [0.15, 0.2) is 11.5 Å². The topological polar surface area (TPSA) is 50.8 Å². The van der Waals surface area contributed by atoms with Crippen LogP contribution in [0.25, 0.3) is 0 Å². The number of nitrogens with one attached hydrogen (secondary N) is 1. The highest BCUT2D eigenvalue weighted by Gasteiger charge is 2.25. The molecule has 0 bridgehead atoms. The summed E-state index contributed by atoms with van der Waals surface area (Å²) in [6.45, 7) is 1.39. The van der Waals surface area contributed by atoms with Gasteiger partial charge >= 0.3 is 0 Å². The Morgan fingerprint density at radius 1 is 1.22 bits per heavy atom. The highest BCUT2D eigenvalue weighted by Crippen LogP contribution is 2.38. The number of amides is 1. The lowest BCUT2D eigenvalue weighted by molar-refractivity contribution is -0.117. The Morgan fingerprint density at radius 2 is 1.96 bits per heavy atom. The van der Waals surface area contributed by atoms with Crippen LogP contribution < -0.4 is 14.8 Å². The molecule has 0 unspecified atom stereocenters. The van der Waals surface area contributed by atoms with Crippen molar-refractivity contribution < 1.29 is 14.3 Å². The van der Waals surface area contributed by atoms with E-state index < -0.39 is 0 Å². The van der Waals surface area contributed by atoms with Crippen molar-refractivity contribution in [3.05, 3.63) is 52.0 Å². The Bertz CT molecular complexity index is 855. The second-order valence-electron chi connectivity index (χ2n) is 7.05. The molecule has 5 nitrogen and oxygen atoms in total. The summed E-state index contributed by atoms with van der Waals surface area (Å²) in [5.41, 5.74) is 3.44. The van der Waals surface area contributed by atoms with Crippen LogP contribution in [-0.2, 0) is 11.2 Å².